The molecule has 120 valence electrons. The summed E-state index contributed by atoms with van der Waals surface area (Å²) in [5, 5.41) is 12.5. The Kier molecular flexibility index (Phi) is 7.41. The summed E-state index contributed by atoms with van der Waals surface area (Å²) < 4.78 is 10.6. The summed E-state index contributed by atoms with van der Waals surface area (Å²) in [5.74, 6) is 0.320. The Morgan fingerprint density at radius 2 is 2.14 bits per heavy atom. The van der Waals surface area contributed by atoms with E-state index in [4.69, 9.17) is 25.9 Å². The molecule has 0 saturated carbocycles. The van der Waals surface area contributed by atoms with Crippen molar-refractivity contribution in [3.63, 3.8) is 0 Å². The Balaban J connectivity index is 0.00000242. The molecular formula is C15H17Cl2NO4. The molecule has 1 heterocycles. The number of carboxylic acids is 1. The highest BCUT2D eigenvalue weighted by molar-refractivity contribution is 6.33. The zero-order valence-electron chi connectivity index (χ0n) is 12.0. The highest BCUT2D eigenvalue weighted by Crippen LogP contribution is 2.26. The third-order valence-electron chi connectivity index (χ3n) is 2.93. The zero-order valence-corrected chi connectivity index (χ0v) is 13.5. The molecule has 0 bridgehead atoms. The second kappa shape index (κ2) is 8.80. The van der Waals surface area contributed by atoms with Gasteiger partial charge in [-0.2, -0.15) is 0 Å². The average molecular weight is 346 g/mol. The fourth-order valence-electron chi connectivity index (χ4n) is 1.86. The van der Waals surface area contributed by atoms with E-state index < -0.39 is 5.97 Å². The Hall–Kier alpha value is -1.53. The van der Waals surface area contributed by atoms with Gasteiger partial charge in [0.05, 0.1) is 23.7 Å². The molecule has 0 fully saturated rings. The molecule has 0 spiro atoms. The normalized spacial score (nSPS) is 10.3. The number of carboxylic acid groups (broad SMARTS) is 1. The van der Waals surface area contributed by atoms with Crippen molar-refractivity contribution in [2.24, 2.45) is 0 Å². The summed E-state index contributed by atoms with van der Waals surface area (Å²) in [5.41, 5.74) is 0.741. The molecule has 7 heteroatoms. The number of ether oxygens (including phenoxy) is 1. The van der Waals surface area contributed by atoms with Crippen molar-refractivity contribution in [3.8, 4) is 11.3 Å². The van der Waals surface area contributed by atoms with Crippen LogP contribution in [0.4, 0.5) is 0 Å². The summed E-state index contributed by atoms with van der Waals surface area (Å²) in [7, 11) is 1.65. The monoisotopic (exact) mass is 345 g/mol. The number of aromatic carboxylic acids is 1. The summed E-state index contributed by atoms with van der Waals surface area (Å²) >= 11 is 5.85. The standard InChI is InChI=1S/C15H16ClNO4.ClH/c1-20-7-6-17-9-11-3-5-14(21-11)10-2-4-13(16)12(8-10)15(18)19;/h2-5,8,17H,6-7,9H2,1H3,(H,18,19);1H. The number of furan rings is 1. The number of hydrogen-bond acceptors (Lipinski definition) is 4. The SMILES string of the molecule is COCCNCc1ccc(-c2ccc(Cl)c(C(=O)O)c2)o1.Cl. The van der Waals surface area contributed by atoms with Crippen molar-refractivity contribution in [1.29, 1.82) is 0 Å². The van der Waals surface area contributed by atoms with Crippen molar-refractivity contribution >= 4 is 30.0 Å². The number of methoxy groups -OCH3 is 1. The highest BCUT2D eigenvalue weighted by Gasteiger charge is 2.12. The van der Waals surface area contributed by atoms with Gasteiger partial charge in [-0.1, -0.05) is 11.6 Å². The number of carbonyl (C=O) groups is 1. The van der Waals surface area contributed by atoms with Gasteiger partial charge in [-0.25, -0.2) is 4.79 Å². The Labute approximate surface area is 139 Å². The van der Waals surface area contributed by atoms with Crippen LogP contribution in [0.2, 0.25) is 5.02 Å². The van der Waals surface area contributed by atoms with Crippen LogP contribution in [-0.2, 0) is 11.3 Å². The van der Waals surface area contributed by atoms with E-state index in [1.165, 1.54) is 6.07 Å². The number of rotatable bonds is 7. The minimum atomic E-state index is -1.06. The highest BCUT2D eigenvalue weighted by atomic mass is 35.5. The molecule has 2 aromatic rings. The van der Waals surface area contributed by atoms with Crippen LogP contribution in [0.25, 0.3) is 11.3 Å². The predicted octanol–water partition coefficient (Wildman–Crippen LogP) is 3.46. The Morgan fingerprint density at radius 3 is 2.82 bits per heavy atom. The van der Waals surface area contributed by atoms with E-state index in [2.05, 4.69) is 5.32 Å². The van der Waals surface area contributed by atoms with Gasteiger partial charge in [0.25, 0.3) is 0 Å². The quantitative estimate of drug-likeness (QED) is 0.752. The smallest absolute Gasteiger partial charge is 0.337 e. The number of hydrogen-bond donors (Lipinski definition) is 2. The summed E-state index contributed by atoms with van der Waals surface area (Å²) in [6, 6.07) is 8.45. The van der Waals surface area contributed by atoms with E-state index in [0.29, 0.717) is 24.5 Å². The van der Waals surface area contributed by atoms with Gasteiger partial charge >= 0.3 is 5.97 Å². The van der Waals surface area contributed by atoms with Crippen LogP contribution in [0.15, 0.2) is 34.7 Å². The first kappa shape index (κ1) is 18.5. The van der Waals surface area contributed by atoms with Crippen molar-refractivity contribution in [2.75, 3.05) is 20.3 Å². The first-order valence-corrected chi connectivity index (χ1v) is 6.81. The number of nitrogens with one attached hydrogen (secondary N) is 1. The van der Waals surface area contributed by atoms with E-state index >= 15 is 0 Å². The molecule has 0 saturated heterocycles. The molecule has 2 rings (SSSR count). The van der Waals surface area contributed by atoms with Crippen LogP contribution in [0.1, 0.15) is 16.1 Å². The molecular weight excluding hydrogens is 329 g/mol. The van der Waals surface area contributed by atoms with Crippen molar-refractivity contribution in [3.05, 3.63) is 46.7 Å². The van der Waals surface area contributed by atoms with Crippen molar-refractivity contribution in [1.82, 2.24) is 5.32 Å². The van der Waals surface area contributed by atoms with E-state index in [9.17, 15) is 4.79 Å². The molecule has 2 N–H and O–H groups in total. The molecule has 5 nitrogen and oxygen atoms in total. The predicted molar refractivity (Wildman–Crippen MR) is 86.9 cm³/mol. The lowest BCUT2D eigenvalue weighted by Crippen LogP contribution is -2.18. The van der Waals surface area contributed by atoms with Gasteiger partial charge in [-0.05, 0) is 30.3 Å². The topological polar surface area (TPSA) is 71.7 Å². The maximum absolute atomic E-state index is 11.1. The fraction of sp³-hybridized carbons (Fsp3) is 0.267. The van der Waals surface area contributed by atoms with Crippen molar-refractivity contribution in [2.45, 2.75) is 6.54 Å². The van der Waals surface area contributed by atoms with E-state index in [1.54, 1.807) is 19.2 Å². The molecule has 0 atom stereocenters. The van der Waals surface area contributed by atoms with Crippen LogP contribution in [0.3, 0.4) is 0 Å². The molecule has 0 aliphatic carbocycles. The van der Waals surface area contributed by atoms with E-state index in [-0.39, 0.29) is 23.0 Å². The van der Waals surface area contributed by atoms with Gasteiger partial charge < -0.3 is 19.6 Å². The second-order valence-electron chi connectivity index (χ2n) is 4.44. The molecule has 0 unspecified atom stereocenters. The minimum Gasteiger partial charge on any atom is -0.478 e. The first-order chi connectivity index (χ1) is 10.1. The lowest BCUT2D eigenvalue weighted by atomic mass is 10.1. The van der Waals surface area contributed by atoms with Gasteiger partial charge in [0.2, 0.25) is 0 Å². The first-order valence-electron chi connectivity index (χ1n) is 6.43. The van der Waals surface area contributed by atoms with Gasteiger partial charge in [0.15, 0.2) is 0 Å². The average Bonchev–Trinajstić information content (AvgIpc) is 2.92. The lowest BCUT2D eigenvalue weighted by molar-refractivity contribution is 0.0697. The van der Waals surface area contributed by atoms with Gasteiger partial charge in [0.1, 0.15) is 11.5 Å². The second-order valence-corrected chi connectivity index (χ2v) is 4.84. The lowest BCUT2D eigenvalue weighted by Gasteiger charge is -2.03. The summed E-state index contributed by atoms with van der Waals surface area (Å²) in [6.45, 7) is 1.95. The van der Waals surface area contributed by atoms with Crippen LogP contribution < -0.4 is 5.32 Å². The van der Waals surface area contributed by atoms with E-state index in [1.807, 2.05) is 12.1 Å². The third-order valence-corrected chi connectivity index (χ3v) is 3.25. The minimum absolute atomic E-state index is 0. The van der Waals surface area contributed by atoms with E-state index in [0.717, 1.165) is 12.3 Å². The number of halogens is 2. The Morgan fingerprint density at radius 1 is 1.36 bits per heavy atom. The molecule has 0 radical (unpaired) electrons. The zero-order chi connectivity index (χ0) is 15.2. The van der Waals surface area contributed by atoms with Crippen LogP contribution >= 0.6 is 24.0 Å². The van der Waals surface area contributed by atoms with Crippen molar-refractivity contribution < 1.29 is 19.1 Å². The van der Waals surface area contributed by atoms with Gasteiger partial charge in [-0.15, -0.1) is 12.4 Å². The molecule has 1 aromatic heterocycles. The van der Waals surface area contributed by atoms with Gasteiger partial charge in [-0.3, -0.25) is 0 Å². The fourth-order valence-corrected chi connectivity index (χ4v) is 2.05. The molecule has 1 aromatic carbocycles. The summed E-state index contributed by atoms with van der Waals surface area (Å²) in [6.07, 6.45) is 0. The third kappa shape index (κ3) is 4.74. The molecule has 0 aliphatic heterocycles. The number of benzene rings is 1. The van der Waals surface area contributed by atoms with Crippen LogP contribution in [0, 0.1) is 0 Å². The Bertz CT molecular complexity index is 628. The molecule has 22 heavy (non-hydrogen) atoms. The van der Waals surface area contributed by atoms with Gasteiger partial charge in [0, 0.05) is 19.2 Å². The van der Waals surface area contributed by atoms with Crippen LogP contribution in [0.5, 0.6) is 0 Å². The maximum atomic E-state index is 11.1. The molecule has 0 aliphatic rings. The summed E-state index contributed by atoms with van der Waals surface area (Å²) in [4.78, 5) is 11.1. The maximum Gasteiger partial charge on any atom is 0.337 e. The molecule has 0 amide bonds. The largest absolute Gasteiger partial charge is 0.478 e. The van der Waals surface area contributed by atoms with Crippen LogP contribution in [-0.4, -0.2) is 31.3 Å².